The maximum Gasteiger partial charge on any atom is 0.0587 e. The fourth-order valence-electron chi connectivity index (χ4n) is 2.09. The summed E-state index contributed by atoms with van der Waals surface area (Å²) >= 11 is 0. The molecule has 0 aromatic heterocycles. The van der Waals surface area contributed by atoms with Crippen LogP contribution in [0.15, 0.2) is 0 Å². The first-order valence-electron chi connectivity index (χ1n) is 5.78. The molecule has 3 heteroatoms. The minimum Gasteiger partial charge on any atom is -0.383 e. The molecule has 0 bridgehead atoms. The first-order valence-corrected chi connectivity index (χ1v) is 5.78. The normalized spacial score (nSPS) is 24.0. The summed E-state index contributed by atoms with van der Waals surface area (Å²) in [5.41, 5.74) is 0. The minimum atomic E-state index is 0.824. The second-order valence-electron chi connectivity index (χ2n) is 4.10. The van der Waals surface area contributed by atoms with Crippen LogP contribution < -0.4 is 5.32 Å². The maximum absolute atomic E-state index is 5.00. The van der Waals surface area contributed by atoms with Crippen LogP contribution in [0, 0.1) is 5.92 Å². The van der Waals surface area contributed by atoms with Crippen LogP contribution in [-0.4, -0.2) is 51.3 Å². The van der Waals surface area contributed by atoms with Gasteiger partial charge in [0.25, 0.3) is 0 Å². The van der Waals surface area contributed by atoms with E-state index < -0.39 is 0 Å². The standard InChI is InChI=1S/C11H24N2O/c1-3-13-7-4-5-11(10-13)9-12-6-8-14-2/h11-12H,3-10H2,1-2H3. The molecule has 1 atom stereocenters. The van der Waals surface area contributed by atoms with Gasteiger partial charge in [-0.05, 0) is 38.4 Å². The monoisotopic (exact) mass is 200 g/mol. The van der Waals surface area contributed by atoms with Crippen LogP contribution >= 0.6 is 0 Å². The number of hydrogen-bond donors (Lipinski definition) is 1. The zero-order valence-electron chi connectivity index (χ0n) is 9.59. The number of likely N-dealkylation sites (tertiary alicyclic amines) is 1. The Hall–Kier alpha value is -0.120. The van der Waals surface area contributed by atoms with Crippen molar-refractivity contribution in [2.45, 2.75) is 19.8 Å². The number of piperidine rings is 1. The number of ether oxygens (including phenoxy) is 1. The average Bonchev–Trinajstić information content (AvgIpc) is 2.25. The quantitative estimate of drug-likeness (QED) is 0.646. The molecule has 84 valence electrons. The fourth-order valence-corrected chi connectivity index (χ4v) is 2.09. The van der Waals surface area contributed by atoms with E-state index in [0.717, 1.165) is 25.6 Å². The van der Waals surface area contributed by atoms with Crippen molar-refractivity contribution in [2.24, 2.45) is 5.92 Å². The average molecular weight is 200 g/mol. The fraction of sp³-hybridized carbons (Fsp3) is 1.00. The number of rotatable bonds is 6. The molecule has 0 aromatic carbocycles. The molecule has 1 heterocycles. The summed E-state index contributed by atoms with van der Waals surface area (Å²) in [5, 5.41) is 3.45. The smallest absolute Gasteiger partial charge is 0.0587 e. The van der Waals surface area contributed by atoms with Gasteiger partial charge in [0.05, 0.1) is 6.61 Å². The summed E-state index contributed by atoms with van der Waals surface area (Å²) < 4.78 is 5.00. The highest BCUT2D eigenvalue weighted by molar-refractivity contribution is 4.73. The summed E-state index contributed by atoms with van der Waals surface area (Å²) in [7, 11) is 1.75. The molecule has 0 radical (unpaired) electrons. The van der Waals surface area contributed by atoms with Gasteiger partial charge in [0, 0.05) is 20.2 Å². The highest BCUT2D eigenvalue weighted by Crippen LogP contribution is 2.14. The van der Waals surface area contributed by atoms with Gasteiger partial charge < -0.3 is 15.0 Å². The zero-order chi connectivity index (χ0) is 10.2. The van der Waals surface area contributed by atoms with Gasteiger partial charge in [-0.25, -0.2) is 0 Å². The summed E-state index contributed by atoms with van der Waals surface area (Å²) in [6, 6.07) is 0. The second-order valence-corrected chi connectivity index (χ2v) is 4.10. The molecular weight excluding hydrogens is 176 g/mol. The Morgan fingerprint density at radius 1 is 1.50 bits per heavy atom. The third-order valence-electron chi connectivity index (χ3n) is 2.97. The van der Waals surface area contributed by atoms with Crippen molar-refractivity contribution in [3.63, 3.8) is 0 Å². The largest absolute Gasteiger partial charge is 0.383 e. The molecule has 0 amide bonds. The Labute approximate surface area is 87.8 Å². The first kappa shape index (κ1) is 12.0. The molecule has 0 aliphatic carbocycles. The molecule has 1 saturated heterocycles. The van der Waals surface area contributed by atoms with E-state index in [9.17, 15) is 0 Å². The lowest BCUT2D eigenvalue weighted by Crippen LogP contribution is -2.39. The van der Waals surface area contributed by atoms with E-state index >= 15 is 0 Å². The van der Waals surface area contributed by atoms with Crippen LogP contribution in [0.5, 0.6) is 0 Å². The first-order chi connectivity index (χ1) is 6.86. The Morgan fingerprint density at radius 2 is 2.36 bits per heavy atom. The predicted octanol–water partition coefficient (Wildman–Crippen LogP) is 0.954. The Balaban J connectivity index is 2.05. The Morgan fingerprint density at radius 3 is 3.07 bits per heavy atom. The van der Waals surface area contributed by atoms with E-state index in [-0.39, 0.29) is 0 Å². The van der Waals surface area contributed by atoms with Gasteiger partial charge in [-0.15, -0.1) is 0 Å². The van der Waals surface area contributed by atoms with E-state index in [4.69, 9.17) is 4.74 Å². The van der Waals surface area contributed by atoms with Crippen molar-refractivity contribution in [2.75, 3.05) is 46.4 Å². The Kier molecular flexibility index (Phi) is 6.15. The maximum atomic E-state index is 5.00. The van der Waals surface area contributed by atoms with Crippen LogP contribution in [-0.2, 0) is 4.74 Å². The zero-order valence-corrected chi connectivity index (χ0v) is 9.59. The van der Waals surface area contributed by atoms with Gasteiger partial charge in [-0.3, -0.25) is 0 Å². The molecule has 0 saturated carbocycles. The highest BCUT2D eigenvalue weighted by Gasteiger charge is 2.17. The summed E-state index contributed by atoms with van der Waals surface area (Å²) in [4.78, 5) is 2.55. The van der Waals surface area contributed by atoms with Crippen molar-refractivity contribution in [1.29, 1.82) is 0 Å². The molecule has 1 rings (SSSR count). The summed E-state index contributed by atoms with van der Waals surface area (Å²) in [6.07, 6.45) is 2.75. The molecule has 1 aliphatic rings. The van der Waals surface area contributed by atoms with Crippen molar-refractivity contribution < 1.29 is 4.74 Å². The van der Waals surface area contributed by atoms with E-state index in [0.29, 0.717) is 0 Å². The van der Waals surface area contributed by atoms with Gasteiger partial charge in [0.1, 0.15) is 0 Å². The lowest BCUT2D eigenvalue weighted by Gasteiger charge is -2.31. The number of nitrogens with zero attached hydrogens (tertiary/aromatic N) is 1. The van der Waals surface area contributed by atoms with Gasteiger partial charge >= 0.3 is 0 Å². The number of hydrogen-bond acceptors (Lipinski definition) is 3. The number of methoxy groups -OCH3 is 1. The lowest BCUT2D eigenvalue weighted by molar-refractivity contribution is 0.170. The van der Waals surface area contributed by atoms with E-state index in [1.54, 1.807) is 7.11 Å². The van der Waals surface area contributed by atoms with Crippen LogP contribution in [0.25, 0.3) is 0 Å². The van der Waals surface area contributed by atoms with Crippen LogP contribution in [0.2, 0.25) is 0 Å². The van der Waals surface area contributed by atoms with E-state index in [1.165, 1.54) is 32.5 Å². The van der Waals surface area contributed by atoms with Crippen LogP contribution in [0.4, 0.5) is 0 Å². The van der Waals surface area contributed by atoms with E-state index in [2.05, 4.69) is 17.1 Å². The van der Waals surface area contributed by atoms with Gasteiger partial charge in [-0.1, -0.05) is 6.92 Å². The molecule has 1 fully saturated rings. The third kappa shape index (κ3) is 4.40. The predicted molar refractivity (Wildman–Crippen MR) is 59.6 cm³/mol. The van der Waals surface area contributed by atoms with Crippen molar-refractivity contribution in [1.82, 2.24) is 10.2 Å². The van der Waals surface area contributed by atoms with Gasteiger partial charge in [-0.2, -0.15) is 0 Å². The van der Waals surface area contributed by atoms with Gasteiger partial charge in [0.2, 0.25) is 0 Å². The molecular formula is C11H24N2O. The third-order valence-corrected chi connectivity index (χ3v) is 2.97. The highest BCUT2D eigenvalue weighted by atomic mass is 16.5. The molecule has 14 heavy (non-hydrogen) atoms. The molecule has 1 N–H and O–H groups in total. The SMILES string of the molecule is CCN1CCCC(CNCCOC)C1. The molecule has 3 nitrogen and oxygen atoms in total. The molecule has 0 spiro atoms. The second kappa shape index (κ2) is 7.21. The van der Waals surface area contributed by atoms with Gasteiger partial charge in [0.15, 0.2) is 0 Å². The Bertz CT molecular complexity index is 141. The van der Waals surface area contributed by atoms with Crippen molar-refractivity contribution in [3.05, 3.63) is 0 Å². The van der Waals surface area contributed by atoms with Crippen molar-refractivity contribution in [3.8, 4) is 0 Å². The summed E-state index contributed by atoms with van der Waals surface area (Å²) in [6.45, 7) is 8.99. The van der Waals surface area contributed by atoms with Crippen LogP contribution in [0.1, 0.15) is 19.8 Å². The lowest BCUT2D eigenvalue weighted by atomic mass is 9.98. The van der Waals surface area contributed by atoms with Crippen LogP contribution in [0.3, 0.4) is 0 Å². The topological polar surface area (TPSA) is 24.5 Å². The summed E-state index contributed by atoms with van der Waals surface area (Å²) in [5.74, 6) is 0.848. The molecule has 1 unspecified atom stereocenters. The molecule has 0 aromatic rings. The van der Waals surface area contributed by atoms with E-state index in [1.807, 2.05) is 0 Å². The van der Waals surface area contributed by atoms with Crippen molar-refractivity contribution >= 4 is 0 Å². The minimum absolute atomic E-state index is 0.824. The number of nitrogens with one attached hydrogen (secondary N) is 1. The molecule has 1 aliphatic heterocycles.